The molecule has 0 bridgehead atoms. The molecule has 0 saturated heterocycles. The van der Waals surface area contributed by atoms with E-state index in [-0.39, 0.29) is 0 Å². The molecule has 10 heteroatoms. The van der Waals surface area contributed by atoms with Crippen molar-refractivity contribution in [1.82, 2.24) is 0 Å². The van der Waals surface area contributed by atoms with Crippen LogP contribution in [0.4, 0.5) is 22.0 Å². The Morgan fingerprint density at radius 1 is 0.488 bits per heavy atom. The summed E-state index contributed by atoms with van der Waals surface area (Å²) in [5.41, 5.74) is 2.91. The molecule has 0 atom stereocenters. The zero-order valence-corrected chi connectivity index (χ0v) is 25.7. The van der Waals surface area contributed by atoms with E-state index < -0.39 is 54.4 Å². The topological polar surface area (TPSA) is 43.4 Å². The minimum atomic E-state index is -5.61. The van der Waals surface area contributed by atoms with Crippen LogP contribution in [-0.2, 0) is 33.0 Å². The molecule has 0 fully saturated rings. The summed E-state index contributed by atoms with van der Waals surface area (Å²) in [5, 5.41) is 0. The zero-order valence-electron chi connectivity index (χ0n) is 24.1. The molecule has 0 aliphatic rings. The van der Waals surface area contributed by atoms with Crippen molar-refractivity contribution in [3.05, 3.63) is 119 Å². The Morgan fingerprint density at radius 2 is 0.767 bits per heavy atom. The third-order valence-corrected chi connectivity index (χ3v) is 12.2. The van der Waals surface area contributed by atoms with Crippen LogP contribution in [0.15, 0.2) is 92.4 Å². The maximum absolute atomic E-state index is 14.9. The molecule has 0 aliphatic carbocycles. The first-order valence-electron chi connectivity index (χ1n) is 14.1. The minimum absolute atomic E-state index is 0.367. The summed E-state index contributed by atoms with van der Waals surface area (Å²) >= 11 is 0. The van der Waals surface area contributed by atoms with Gasteiger partial charge in [-0.15, -0.1) is 0 Å². The molecule has 0 unspecified atom stereocenters. The lowest BCUT2D eigenvalue weighted by Gasteiger charge is -2.39. The van der Waals surface area contributed by atoms with Crippen molar-refractivity contribution in [2.45, 2.75) is 78.9 Å². The van der Waals surface area contributed by atoms with Gasteiger partial charge in [0.2, 0.25) is 5.82 Å². The van der Waals surface area contributed by atoms with Gasteiger partial charge in [0.25, 0.3) is 0 Å². The third-order valence-electron chi connectivity index (χ3n) is 6.99. The fourth-order valence-electron chi connectivity index (χ4n) is 4.91. The molecule has 0 amide bonds. The first-order chi connectivity index (χ1) is 20.5. The summed E-state index contributed by atoms with van der Waals surface area (Å²) in [6.07, 6.45) is 4.85. The second-order valence-electron chi connectivity index (χ2n) is 10.2. The van der Waals surface area contributed by atoms with Crippen molar-refractivity contribution in [3.63, 3.8) is 0 Å². The van der Waals surface area contributed by atoms with Crippen LogP contribution < -0.4 is 0 Å². The van der Waals surface area contributed by atoms with Crippen molar-refractivity contribution >= 4 is 20.4 Å². The van der Waals surface area contributed by atoms with E-state index in [0.29, 0.717) is 14.7 Å². The molecule has 3 nitrogen and oxygen atoms in total. The van der Waals surface area contributed by atoms with Gasteiger partial charge in [-0.25, -0.2) is 25.6 Å². The standard InChI is InChI=1S/C33H33F5O3S2/c1-4-7-22-10-16-25(17-11-22)42(26-18-12-23(8-5-2)13-19-26,27-20-14-24(9-6-3)15-21-27)41-43(39,40)33-31(37)29(35)28(34)30(36)32(33)38/h10-21H,4-9H2,1-3H3. The molecular formula is C33H33F5O3S2. The Labute approximate surface area is 251 Å². The highest BCUT2D eigenvalue weighted by molar-refractivity contribution is 8.33. The summed E-state index contributed by atoms with van der Waals surface area (Å²) in [7, 11) is -8.97. The van der Waals surface area contributed by atoms with Crippen LogP contribution in [0.25, 0.3) is 0 Å². The van der Waals surface area contributed by atoms with Crippen molar-refractivity contribution in [2.75, 3.05) is 0 Å². The molecular weight excluding hydrogens is 603 g/mol. The number of hydrogen-bond acceptors (Lipinski definition) is 3. The molecule has 0 radical (unpaired) electrons. The minimum Gasteiger partial charge on any atom is -0.203 e. The lowest BCUT2D eigenvalue weighted by atomic mass is 10.1. The summed E-state index contributed by atoms with van der Waals surface area (Å²) in [4.78, 5) is -0.933. The maximum Gasteiger partial charge on any atom is 0.313 e. The van der Waals surface area contributed by atoms with Crippen LogP contribution in [0, 0.1) is 29.1 Å². The SMILES string of the molecule is CCCc1ccc(S(OS(=O)(=O)c2c(F)c(F)c(F)c(F)c2F)(c2ccc(CCC)cc2)c2ccc(CCC)cc2)cc1. The van der Waals surface area contributed by atoms with E-state index in [4.69, 9.17) is 3.63 Å². The Hall–Kier alpha value is -3.21. The monoisotopic (exact) mass is 636 g/mol. The summed E-state index contributed by atoms with van der Waals surface area (Å²) < 4.78 is 106. The first-order valence-corrected chi connectivity index (χ1v) is 17.0. The van der Waals surface area contributed by atoms with E-state index >= 15 is 0 Å². The lowest BCUT2D eigenvalue weighted by molar-refractivity contribution is 0.354. The summed E-state index contributed by atoms with van der Waals surface area (Å²) in [6, 6.07) is 21.0. The number of aryl methyl sites for hydroxylation is 3. The van der Waals surface area contributed by atoms with Gasteiger partial charge in [-0.1, -0.05) is 76.4 Å². The molecule has 0 aromatic heterocycles. The Morgan fingerprint density at radius 3 is 1.05 bits per heavy atom. The molecule has 4 rings (SSSR count). The molecule has 0 spiro atoms. The second kappa shape index (κ2) is 13.6. The van der Waals surface area contributed by atoms with Gasteiger partial charge in [-0.3, -0.25) is 0 Å². The normalized spacial score (nSPS) is 12.5. The smallest absolute Gasteiger partial charge is 0.203 e. The third kappa shape index (κ3) is 6.51. The summed E-state index contributed by atoms with van der Waals surface area (Å²) in [6.45, 7) is 6.04. The first kappa shape index (κ1) is 32.7. The quantitative estimate of drug-likeness (QED) is 0.0883. The lowest BCUT2D eigenvalue weighted by Crippen LogP contribution is -2.19. The number of benzene rings is 4. The molecule has 0 saturated carbocycles. The van der Waals surface area contributed by atoms with Crippen molar-refractivity contribution in [2.24, 2.45) is 0 Å². The van der Waals surface area contributed by atoms with Gasteiger partial charge in [0.15, 0.2) is 28.2 Å². The van der Waals surface area contributed by atoms with E-state index in [9.17, 15) is 30.4 Å². The highest BCUT2D eigenvalue weighted by atomic mass is 32.3. The number of hydrogen-bond donors (Lipinski definition) is 0. The molecule has 4 aromatic rings. The van der Waals surface area contributed by atoms with E-state index in [1.807, 2.05) is 57.2 Å². The van der Waals surface area contributed by atoms with E-state index in [1.54, 1.807) is 36.4 Å². The highest BCUT2D eigenvalue weighted by Crippen LogP contribution is 2.70. The van der Waals surface area contributed by atoms with Crippen LogP contribution in [0.3, 0.4) is 0 Å². The predicted octanol–water partition coefficient (Wildman–Crippen LogP) is 9.84. The van der Waals surface area contributed by atoms with Crippen LogP contribution >= 0.6 is 10.3 Å². The second-order valence-corrected chi connectivity index (χ2v) is 14.5. The van der Waals surface area contributed by atoms with Crippen LogP contribution in [0.5, 0.6) is 0 Å². The van der Waals surface area contributed by atoms with E-state index in [2.05, 4.69) is 0 Å². The van der Waals surface area contributed by atoms with E-state index in [1.165, 1.54) is 0 Å². The molecule has 0 N–H and O–H groups in total. The van der Waals surface area contributed by atoms with Crippen molar-refractivity contribution < 1.29 is 34.0 Å². The van der Waals surface area contributed by atoms with Gasteiger partial charge >= 0.3 is 10.1 Å². The molecule has 4 aromatic carbocycles. The number of rotatable bonds is 12. The van der Waals surface area contributed by atoms with Crippen LogP contribution in [0.2, 0.25) is 0 Å². The average molecular weight is 637 g/mol. The van der Waals surface area contributed by atoms with Gasteiger partial charge in [-0.2, -0.15) is 8.42 Å². The summed E-state index contributed by atoms with van der Waals surface area (Å²) in [5.74, 6) is -12.2. The fraction of sp³-hybridized carbons (Fsp3) is 0.273. The fourth-order valence-corrected chi connectivity index (χ4v) is 10.2. The highest BCUT2D eigenvalue weighted by Gasteiger charge is 2.42. The van der Waals surface area contributed by atoms with Crippen LogP contribution in [0.1, 0.15) is 56.7 Å². The van der Waals surface area contributed by atoms with Gasteiger partial charge < -0.3 is 0 Å². The van der Waals surface area contributed by atoms with Gasteiger partial charge in [0, 0.05) is 14.7 Å². The molecule has 43 heavy (non-hydrogen) atoms. The Kier molecular flexibility index (Phi) is 10.4. The van der Waals surface area contributed by atoms with Gasteiger partial charge in [-0.05, 0) is 82.7 Å². The van der Waals surface area contributed by atoms with E-state index in [0.717, 1.165) is 55.2 Å². The maximum atomic E-state index is 14.9. The predicted molar refractivity (Wildman–Crippen MR) is 158 cm³/mol. The molecule has 0 aliphatic heterocycles. The largest absolute Gasteiger partial charge is 0.313 e. The number of halogens is 5. The molecule has 0 heterocycles. The zero-order chi connectivity index (χ0) is 31.4. The molecule has 230 valence electrons. The Bertz CT molecular complexity index is 1520. The van der Waals surface area contributed by atoms with Gasteiger partial charge in [0.05, 0.1) is 0 Å². The Balaban J connectivity index is 2.06. The average Bonchev–Trinajstić information content (AvgIpc) is 2.99. The van der Waals surface area contributed by atoms with Crippen LogP contribution in [-0.4, -0.2) is 8.42 Å². The van der Waals surface area contributed by atoms with Crippen molar-refractivity contribution in [3.8, 4) is 0 Å². The van der Waals surface area contributed by atoms with Crippen molar-refractivity contribution in [1.29, 1.82) is 0 Å². The van der Waals surface area contributed by atoms with Gasteiger partial charge in [0.1, 0.15) is 0 Å².